The number of benzene rings is 1. The Hall–Kier alpha value is -2.61. The van der Waals surface area contributed by atoms with Gasteiger partial charge in [-0.3, -0.25) is 4.57 Å². The summed E-state index contributed by atoms with van der Waals surface area (Å²) >= 11 is 1.58. The molecule has 0 saturated carbocycles. The Kier molecular flexibility index (Phi) is 4.89. The summed E-state index contributed by atoms with van der Waals surface area (Å²) in [6.45, 7) is 4.11. The Bertz CT molecular complexity index is 875. The predicted molar refractivity (Wildman–Crippen MR) is 101 cm³/mol. The molecule has 2 heterocycles. The first-order chi connectivity index (χ1) is 11.9. The van der Waals surface area contributed by atoms with Crippen molar-refractivity contribution in [1.29, 1.82) is 0 Å². The van der Waals surface area contributed by atoms with Crippen LogP contribution in [0, 0.1) is 6.92 Å². The zero-order chi connectivity index (χ0) is 18.0. The van der Waals surface area contributed by atoms with Crippen LogP contribution < -0.4 is 10.6 Å². The van der Waals surface area contributed by atoms with Crippen LogP contribution in [-0.4, -0.2) is 38.6 Å². The van der Waals surface area contributed by atoms with Crippen LogP contribution in [0.15, 0.2) is 41.8 Å². The van der Waals surface area contributed by atoms with Crippen molar-refractivity contribution in [3.8, 4) is 5.69 Å². The lowest BCUT2D eigenvalue weighted by atomic mass is 10.2. The fourth-order valence-electron chi connectivity index (χ4n) is 2.34. The molecule has 7 nitrogen and oxygen atoms in total. The number of hydrogen-bond acceptors (Lipinski definition) is 7. The molecule has 2 aromatic heterocycles. The van der Waals surface area contributed by atoms with Gasteiger partial charge in [-0.25, -0.2) is 4.98 Å². The van der Waals surface area contributed by atoms with E-state index in [-0.39, 0.29) is 11.2 Å². The number of aryl methyl sites for hydroxylation is 1. The third kappa shape index (κ3) is 3.90. The molecule has 0 fully saturated rings. The summed E-state index contributed by atoms with van der Waals surface area (Å²) in [5.74, 6) is 1.42. The highest BCUT2D eigenvalue weighted by Crippen LogP contribution is 2.33. The maximum absolute atomic E-state index is 5.83. The molecule has 1 aromatic carbocycles. The van der Waals surface area contributed by atoms with Gasteiger partial charge < -0.3 is 10.6 Å². The number of nitrogens with two attached hydrogens (primary N) is 1. The van der Waals surface area contributed by atoms with E-state index in [9.17, 15) is 0 Å². The Morgan fingerprint density at radius 1 is 1.20 bits per heavy atom. The first-order valence-electron chi connectivity index (χ1n) is 7.90. The minimum absolute atomic E-state index is 0.0186. The average Bonchev–Trinajstić information content (AvgIpc) is 3.02. The molecule has 3 rings (SSSR count). The molecule has 0 aliphatic heterocycles. The molecule has 3 aromatic rings. The quantitative estimate of drug-likeness (QED) is 0.704. The highest BCUT2D eigenvalue weighted by Gasteiger charge is 2.17. The van der Waals surface area contributed by atoms with Gasteiger partial charge in [0.15, 0.2) is 5.16 Å². The molecule has 130 valence electrons. The van der Waals surface area contributed by atoms with Crippen LogP contribution in [0.5, 0.6) is 0 Å². The topological polar surface area (TPSA) is 85.8 Å². The van der Waals surface area contributed by atoms with Crippen LogP contribution in [0.4, 0.5) is 11.9 Å². The van der Waals surface area contributed by atoms with Crippen molar-refractivity contribution >= 4 is 23.7 Å². The molecule has 0 aliphatic carbocycles. The van der Waals surface area contributed by atoms with E-state index in [0.29, 0.717) is 11.8 Å². The number of rotatable bonds is 5. The standard InChI is InChI=1S/C17H21N7S/c1-11-6-5-7-13(10-11)24-9-8-19-17(24)25-12(2)14-20-15(18)22-16(21-14)23(3)4/h5-10,12H,1-4H3,(H2,18,20,21,22)/t12-/m0/s1. The lowest BCUT2D eigenvalue weighted by Crippen LogP contribution is -2.16. The van der Waals surface area contributed by atoms with Crippen molar-refractivity contribution in [2.45, 2.75) is 24.3 Å². The van der Waals surface area contributed by atoms with E-state index in [1.165, 1.54) is 5.56 Å². The van der Waals surface area contributed by atoms with Gasteiger partial charge in [0.05, 0.1) is 5.25 Å². The molecule has 0 bridgehead atoms. The summed E-state index contributed by atoms with van der Waals surface area (Å²) in [5.41, 5.74) is 8.11. The summed E-state index contributed by atoms with van der Waals surface area (Å²) in [5, 5.41) is 0.860. The van der Waals surface area contributed by atoms with Gasteiger partial charge in [-0.05, 0) is 31.5 Å². The highest BCUT2D eigenvalue weighted by atomic mass is 32.2. The van der Waals surface area contributed by atoms with Gasteiger partial charge in [0, 0.05) is 32.2 Å². The monoisotopic (exact) mass is 355 g/mol. The minimum atomic E-state index is -0.0186. The third-order valence-electron chi connectivity index (χ3n) is 3.59. The molecule has 0 saturated heterocycles. The predicted octanol–water partition coefficient (Wildman–Crippen LogP) is 2.87. The Labute approximate surface area is 151 Å². The van der Waals surface area contributed by atoms with Crippen LogP contribution in [0.1, 0.15) is 23.6 Å². The van der Waals surface area contributed by atoms with Gasteiger partial charge >= 0.3 is 0 Å². The minimum Gasteiger partial charge on any atom is -0.368 e. The van der Waals surface area contributed by atoms with Gasteiger partial charge in [0.1, 0.15) is 5.82 Å². The molecule has 0 radical (unpaired) electrons. The first-order valence-corrected chi connectivity index (χ1v) is 8.78. The fraction of sp³-hybridized carbons (Fsp3) is 0.294. The number of hydrogen-bond donors (Lipinski definition) is 1. The van der Waals surface area contributed by atoms with Gasteiger partial charge in [0.25, 0.3) is 0 Å². The molecule has 25 heavy (non-hydrogen) atoms. The van der Waals surface area contributed by atoms with E-state index in [0.717, 1.165) is 10.8 Å². The van der Waals surface area contributed by atoms with E-state index >= 15 is 0 Å². The van der Waals surface area contributed by atoms with E-state index in [1.807, 2.05) is 38.2 Å². The normalized spacial score (nSPS) is 12.2. The second-order valence-corrected chi connectivity index (χ2v) is 7.23. The fourth-order valence-corrected chi connectivity index (χ4v) is 3.27. The lowest BCUT2D eigenvalue weighted by molar-refractivity contribution is 0.846. The Morgan fingerprint density at radius 3 is 2.72 bits per heavy atom. The maximum Gasteiger partial charge on any atom is 0.229 e. The van der Waals surface area contributed by atoms with E-state index in [1.54, 1.807) is 18.0 Å². The van der Waals surface area contributed by atoms with Crippen molar-refractivity contribution in [2.75, 3.05) is 24.7 Å². The number of aromatic nitrogens is 5. The zero-order valence-electron chi connectivity index (χ0n) is 14.7. The van der Waals surface area contributed by atoms with Crippen molar-refractivity contribution in [3.05, 3.63) is 48.0 Å². The molecular formula is C17H21N7S. The third-order valence-corrected chi connectivity index (χ3v) is 4.67. The average molecular weight is 355 g/mol. The van der Waals surface area contributed by atoms with Gasteiger partial charge in [-0.15, -0.1) is 0 Å². The number of imidazole rings is 1. The number of anilines is 2. The van der Waals surface area contributed by atoms with Crippen molar-refractivity contribution in [2.24, 2.45) is 0 Å². The summed E-state index contributed by atoms with van der Waals surface area (Å²) in [6, 6.07) is 8.31. The summed E-state index contributed by atoms with van der Waals surface area (Å²) in [6.07, 6.45) is 3.75. The Morgan fingerprint density at radius 2 is 2.00 bits per heavy atom. The summed E-state index contributed by atoms with van der Waals surface area (Å²) < 4.78 is 2.06. The second-order valence-electron chi connectivity index (χ2n) is 5.93. The smallest absolute Gasteiger partial charge is 0.229 e. The van der Waals surface area contributed by atoms with Crippen LogP contribution in [-0.2, 0) is 0 Å². The van der Waals surface area contributed by atoms with Gasteiger partial charge in [-0.2, -0.15) is 15.0 Å². The maximum atomic E-state index is 5.83. The van der Waals surface area contributed by atoms with Crippen molar-refractivity contribution in [3.63, 3.8) is 0 Å². The summed E-state index contributed by atoms with van der Waals surface area (Å²) in [7, 11) is 3.75. The highest BCUT2D eigenvalue weighted by molar-refractivity contribution is 7.99. The molecule has 0 amide bonds. The molecule has 2 N–H and O–H groups in total. The number of thioether (sulfide) groups is 1. The largest absolute Gasteiger partial charge is 0.368 e. The summed E-state index contributed by atoms with van der Waals surface area (Å²) in [4.78, 5) is 19.2. The van der Waals surface area contributed by atoms with Gasteiger partial charge in [-0.1, -0.05) is 23.9 Å². The Balaban J connectivity index is 1.88. The van der Waals surface area contributed by atoms with Gasteiger partial charge in [0.2, 0.25) is 11.9 Å². The SMILES string of the molecule is Cc1cccc(-n2ccnc2S[C@@H](C)c2nc(N)nc(N(C)C)n2)c1. The number of nitrogens with zero attached hydrogens (tertiary/aromatic N) is 6. The van der Waals surface area contributed by atoms with Crippen LogP contribution in [0.2, 0.25) is 0 Å². The zero-order valence-corrected chi connectivity index (χ0v) is 15.5. The first kappa shape index (κ1) is 17.2. The van der Waals surface area contributed by atoms with Crippen LogP contribution in [0.25, 0.3) is 5.69 Å². The van der Waals surface area contributed by atoms with E-state index in [4.69, 9.17) is 5.73 Å². The van der Waals surface area contributed by atoms with Crippen LogP contribution in [0.3, 0.4) is 0 Å². The molecule has 0 aliphatic rings. The van der Waals surface area contributed by atoms with Crippen molar-refractivity contribution in [1.82, 2.24) is 24.5 Å². The van der Waals surface area contributed by atoms with Crippen LogP contribution >= 0.6 is 11.8 Å². The molecule has 1 atom stereocenters. The second kappa shape index (κ2) is 7.10. The molecule has 0 spiro atoms. The van der Waals surface area contributed by atoms with E-state index < -0.39 is 0 Å². The van der Waals surface area contributed by atoms with Crippen molar-refractivity contribution < 1.29 is 0 Å². The van der Waals surface area contributed by atoms with E-state index in [2.05, 4.69) is 49.6 Å². The molecule has 8 heteroatoms. The number of nitrogen functional groups attached to an aromatic ring is 1. The lowest BCUT2D eigenvalue weighted by Gasteiger charge is -2.15. The molecular weight excluding hydrogens is 334 g/mol. The molecule has 0 unspecified atom stereocenters.